The van der Waals surface area contributed by atoms with Gasteiger partial charge in [0.25, 0.3) is 5.91 Å². The van der Waals surface area contributed by atoms with Crippen molar-refractivity contribution in [1.29, 1.82) is 0 Å². The van der Waals surface area contributed by atoms with Gasteiger partial charge in [-0.25, -0.2) is 8.78 Å². The topological polar surface area (TPSA) is 46.3 Å². The molecule has 1 aliphatic rings. The number of carbonyl (C=O) groups is 1. The third kappa shape index (κ3) is 2.20. The number of hydrogen-bond acceptors (Lipinski definition) is 3. The van der Waals surface area contributed by atoms with Crippen LogP contribution in [-0.2, 0) is 6.42 Å². The van der Waals surface area contributed by atoms with Crippen molar-refractivity contribution in [2.75, 3.05) is 11.4 Å². The molecular formula is C15H14F2N2O2. The summed E-state index contributed by atoms with van der Waals surface area (Å²) < 4.78 is 31.8. The molecule has 0 bridgehead atoms. The second kappa shape index (κ2) is 4.95. The van der Waals surface area contributed by atoms with E-state index in [9.17, 15) is 13.6 Å². The molecule has 0 fully saturated rings. The molecule has 1 aromatic heterocycles. The lowest BCUT2D eigenvalue weighted by atomic mass is 10.00. The lowest BCUT2D eigenvalue weighted by Gasteiger charge is -2.29. The molecular weight excluding hydrogens is 278 g/mol. The van der Waals surface area contributed by atoms with Gasteiger partial charge in [0.1, 0.15) is 11.3 Å². The number of nitrogens with zero attached hydrogens (tertiary/aromatic N) is 2. The number of aryl methyl sites for hydroxylation is 3. The van der Waals surface area contributed by atoms with Crippen molar-refractivity contribution in [3.05, 3.63) is 46.3 Å². The second-order valence-corrected chi connectivity index (χ2v) is 5.15. The number of hydrogen-bond donors (Lipinski definition) is 0. The van der Waals surface area contributed by atoms with Gasteiger partial charge in [-0.1, -0.05) is 5.16 Å². The largest absolute Gasteiger partial charge is 0.361 e. The zero-order valence-corrected chi connectivity index (χ0v) is 11.7. The number of halogens is 2. The number of carbonyl (C=O) groups excluding carboxylic acids is 1. The zero-order chi connectivity index (χ0) is 15.1. The van der Waals surface area contributed by atoms with Crippen molar-refractivity contribution in [1.82, 2.24) is 5.16 Å². The van der Waals surface area contributed by atoms with Crippen LogP contribution in [0.2, 0.25) is 0 Å². The van der Waals surface area contributed by atoms with Crippen LogP contribution in [0, 0.1) is 25.5 Å². The van der Waals surface area contributed by atoms with Crippen LogP contribution in [0.15, 0.2) is 16.7 Å². The summed E-state index contributed by atoms with van der Waals surface area (Å²) >= 11 is 0. The van der Waals surface area contributed by atoms with Crippen molar-refractivity contribution in [3.63, 3.8) is 0 Å². The predicted molar refractivity (Wildman–Crippen MR) is 72.3 cm³/mol. The van der Waals surface area contributed by atoms with Crippen LogP contribution in [0.5, 0.6) is 0 Å². The number of benzene rings is 1. The fourth-order valence-electron chi connectivity index (χ4n) is 2.71. The summed E-state index contributed by atoms with van der Waals surface area (Å²) in [6.07, 6.45) is 1.32. The molecule has 0 unspecified atom stereocenters. The van der Waals surface area contributed by atoms with Crippen molar-refractivity contribution >= 4 is 11.6 Å². The Kier molecular flexibility index (Phi) is 3.23. The Balaban J connectivity index is 2.06. The Morgan fingerprint density at radius 2 is 2.00 bits per heavy atom. The van der Waals surface area contributed by atoms with Gasteiger partial charge in [-0.2, -0.15) is 0 Å². The fourth-order valence-corrected chi connectivity index (χ4v) is 2.71. The van der Waals surface area contributed by atoms with Crippen LogP contribution in [-0.4, -0.2) is 17.6 Å². The van der Waals surface area contributed by atoms with Gasteiger partial charge < -0.3 is 9.42 Å². The Morgan fingerprint density at radius 3 is 2.67 bits per heavy atom. The molecule has 110 valence electrons. The molecule has 21 heavy (non-hydrogen) atoms. The van der Waals surface area contributed by atoms with Gasteiger partial charge in [-0.05, 0) is 38.3 Å². The van der Waals surface area contributed by atoms with Crippen molar-refractivity contribution < 1.29 is 18.1 Å². The molecule has 0 radical (unpaired) electrons. The molecule has 0 N–H and O–H groups in total. The van der Waals surface area contributed by atoms with Crippen LogP contribution < -0.4 is 4.90 Å². The van der Waals surface area contributed by atoms with Crippen molar-refractivity contribution in [3.8, 4) is 0 Å². The van der Waals surface area contributed by atoms with Gasteiger partial charge in [-0.3, -0.25) is 4.79 Å². The first-order chi connectivity index (χ1) is 9.99. The summed E-state index contributed by atoms with van der Waals surface area (Å²) in [4.78, 5) is 14.1. The summed E-state index contributed by atoms with van der Waals surface area (Å²) in [5, 5.41) is 3.76. The number of amides is 1. The van der Waals surface area contributed by atoms with Crippen LogP contribution in [0.3, 0.4) is 0 Å². The molecule has 1 amide bonds. The standard InChI is InChI=1S/C15H14F2N2O2/c1-8-14(9(2)21-18-8)15(20)19-5-3-4-10-6-11(16)12(17)7-13(10)19/h6-7H,3-5H2,1-2H3. The first kappa shape index (κ1) is 13.7. The monoisotopic (exact) mass is 292 g/mol. The van der Waals surface area contributed by atoms with E-state index < -0.39 is 11.6 Å². The van der Waals surface area contributed by atoms with E-state index in [0.29, 0.717) is 47.7 Å². The molecule has 1 aromatic carbocycles. The number of fused-ring (bicyclic) bond motifs is 1. The third-order valence-corrected chi connectivity index (χ3v) is 3.73. The van der Waals surface area contributed by atoms with Gasteiger partial charge >= 0.3 is 0 Å². The van der Waals surface area contributed by atoms with Crippen molar-refractivity contribution in [2.45, 2.75) is 26.7 Å². The average Bonchev–Trinajstić information content (AvgIpc) is 2.78. The van der Waals surface area contributed by atoms with Gasteiger partial charge in [0.15, 0.2) is 11.6 Å². The Bertz CT molecular complexity index is 705. The fraction of sp³-hybridized carbons (Fsp3) is 0.333. The third-order valence-electron chi connectivity index (χ3n) is 3.73. The number of aromatic nitrogens is 1. The minimum Gasteiger partial charge on any atom is -0.361 e. The van der Waals surface area contributed by atoms with E-state index >= 15 is 0 Å². The maximum Gasteiger partial charge on any atom is 0.263 e. The Morgan fingerprint density at radius 1 is 1.29 bits per heavy atom. The SMILES string of the molecule is Cc1noc(C)c1C(=O)N1CCCc2cc(F)c(F)cc21. The van der Waals surface area contributed by atoms with Crippen LogP contribution in [0.1, 0.15) is 33.8 Å². The molecule has 0 saturated heterocycles. The highest BCUT2D eigenvalue weighted by Gasteiger charge is 2.29. The number of anilines is 1. The quantitative estimate of drug-likeness (QED) is 0.811. The highest BCUT2D eigenvalue weighted by Crippen LogP contribution is 2.31. The molecule has 0 spiro atoms. The molecule has 6 heteroatoms. The molecule has 1 aliphatic heterocycles. The second-order valence-electron chi connectivity index (χ2n) is 5.15. The van der Waals surface area contributed by atoms with E-state index in [-0.39, 0.29) is 5.91 Å². The molecule has 0 saturated carbocycles. The van der Waals surface area contributed by atoms with Gasteiger partial charge in [0.05, 0.1) is 11.4 Å². The van der Waals surface area contributed by atoms with E-state index in [1.807, 2.05) is 0 Å². The maximum absolute atomic E-state index is 13.5. The van der Waals surface area contributed by atoms with Crippen LogP contribution in [0.25, 0.3) is 0 Å². The minimum absolute atomic E-state index is 0.293. The number of rotatable bonds is 1. The summed E-state index contributed by atoms with van der Waals surface area (Å²) in [5.74, 6) is -1.71. The molecule has 0 atom stereocenters. The lowest BCUT2D eigenvalue weighted by Crippen LogP contribution is -2.36. The van der Waals surface area contributed by atoms with Crippen LogP contribution >= 0.6 is 0 Å². The normalized spacial score (nSPS) is 14.2. The highest BCUT2D eigenvalue weighted by atomic mass is 19.2. The summed E-state index contributed by atoms with van der Waals surface area (Å²) in [7, 11) is 0. The lowest BCUT2D eigenvalue weighted by molar-refractivity contribution is 0.0983. The van der Waals surface area contributed by atoms with Crippen LogP contribution in [0.4, 0.5) is 14.5 Å². The molecule has 0 aliphatic carbocycles. The molecule has 3 rings (SSSR count). The van der Waals surface area contributed by atoms with E-state index in [4.69, 9.17) is 4.52 Å². The van der Waals surface area contributed by atoms with Crippen molar-refractivity contribution in [2.24, 2.45) is 0 Å². The molecule has 4 nitrogen and oxygen atoms in total. The summed E-state index contributed by atoms with van der Waals surface area (Å²) in [5.41, 5.74) is 1.94. The van der Waals surface area contributed by atoms with E-state index in [0.717, 1.165) is 12.1 Å². The molecule has 2 heterocycles. The van der Waals surface area contributed by atoms with Gasteiger partial charge in [0.2, 0.25) is 0 Å². The van der Waals surface area contributed by atoms with E-state index in [1.54, 1.807) is 13.8 Å². The molecule has 2 aromatic rings. The van der Waals surface area contributed by atoms with E-state index in [2.05, 4.69) is 5.16 Å². The van der Waals surface area contributed by atoms with Gasteiger partial charge in [0, 0.05) is 12.6 Å². The predicted octanol–water partition coefficient (Wildman–Crippen LogP) is 3.16. The first-order valence-electron chi connectivity index (χ1n) is 6.71. The maximum atomic E-state index is 13.5. The zero-order valence-electron chi connectivity index (χ0n) is 11.7. The average molecular weight is 292 g/mol. The Hall–Kier alpha value is -2.24. The smallest absolute Gasteiger partial charge is 0.263 e. The summed E-state index contributed by atoms with van der Waals surface area (Å²) in [6.45, 7) is 3.80. The highest BCUT2D eigenvalue weighted by molar-refractivity contribution is 6.08. The van der Waals surface area contributed by atoms with E-state index in [1.165, 1.54) is 4.90 Å². The Labute approximate surface area is 120 Å². The van der Waals surface area contributed by atoms with Gasteiger partial charge in [-0.15, -0.1) is 0 Å². The first-order valence-corrected chi connectivity index (χ1v) is 6.71. The summed E-state index contributed by atoms with van der Waals surface area (Å²) in [6, 6.07) is 2.25. The minimum atomic E-state index is -0.952.